The molecule has 0 aliphatic heterocycles. The molecule has 0 radical (unpaired) electrons. The molecule has 2 N–H and O–H groups in total. The molecule has 0 saturated heterocycles. The predicted octanol–water partition coefficient (Wildman–Crippen LogP) is 1.64. The third kappa shape index (κ3) is 2.83. The highest BCUT2D eigenvalue weighted by atomic mass is 16.4. The molecule has 0 fully saturated rings. The number of benzene rings is 1. The van der Waals surface area contributed by atoms with Crippen molar-refractivity contribution in [1.29, 1.82) is 0 Å². The van der Waals surface area contributed by atoms with Gasteiger partial charge >= 0.3 is 5.97 Å². The van der Waals surface area contributed by atoms with E-state index in [1.807, 2.05) is 24.3 Å². The molecular formula is C15H13N3O4. The Morgan fingerprint density at radius 3 is 2.82 bits per heavy atom. The number of para-hydroxylation sites is 1. The lowest BCUT2D eigenvalue weighted by molar-refractivity contribution is -0.122. The number of amides is 1. The van der Waals surface area contributed by atoms with E-state index in [0.29, 0.717) is 5.76 Å². The second-order valence-corrected chi connectivity index (χ2v) is 4.71. The van der Waals surface area contributed by atoms with Gasteiger partial charge in [-0.1, -0.05) is 18.2 Å². The number of carboxylic acids is 1. The molecule has 7 nitrogen and oxygen atoms in total. The topological polar surface area (TPSA) is 97.4 Å². The fourth-order valence-electron chi connectivity index (χ4n) is 2.12. The summed E-state index contributed by atoms with van der Waals surface area (Å²) in [4.78, 5) is 22.6. The Labute approximate surface area is 125 Å². The number of aromatic nitrogens is 2. The van der Waals surface area contributed by atoms with Gasteiger partial charge in [-0.15, -0.1) is 0 Å². The van der Waals surface area contributed by atoms with E-state index in [4.69, 9.17) is 9.52 Å². The Morgan fingerprint density at radius 1 is 1.23 bits per heavy atom. The van der Waals surface area contributed by atoms with Crippen LogP contribution in [0.3, 0.4) is 0 Å². The number of nitrogens with one attached hydrogen (secondary N) is 1. The molecule has 0 aliphatic rings. The lowest BCUT2D eigenvalue weighted by Crippen LogP contribution is -2.27. The van der Waals surface area contributed by atoms with Gasteiger partial charge in [0.25, 0.3) is 0 Å². The van der Waals surface area contributed by atoms with Gasteiger partial charge in [-0.25, -0.2) is 4.79 Å². The van der Waals surface area contributed by atoms with Crippen LogP contribution < -0.4 is 5.32 Å². The first-order valence-electron chi connectivity index (χ1n) is 6.63. The number of hydrogen-bond donors (Lipinski definition) is 2. The normalized spacial score (nSPS) is 10.7. The second-order valence-electron chi connectivity index (χ2n) is 4.71. The van der Waals surface area contributed by atoms with Crippen molar-refractivity contribution >= 4 is 22.8 Å². The Hall–Kier alpha value is -3.09. The van der Waals surface area contributed by atoms with Gasteiger partial charge in [-0.2, -0.15) is 5.10 Å². The van der Waals surface area contributed by atoms with E-state index in [-0.39, 0.29) is 24.8 Å². The summed E-state index contributed by atoms with van der Waals surface area (Å²) >= 11 is 0. The molecule has 3 aromatic rings. The first-order valence-corrected chi connectivity index (χ1v) is 6.63. The summed E-state index contributed by atoms with van der Waals surface area (Å²) in [6.45, 7) is 0.214. The van der Waals surface area contributed by atoms with E-state index in [1.165, 1.54) is 12.1 Å². The van der Waals surface area contributed by atoms with Crippen molar-refractivity contribution in [3.05, 3.63) is 54.1 Å². The lowest BCUT2D eigenvalue weighted by atomic mass is 10.2. The molecule has 1 amide bonds. The van der Waals surface area contributed by atoms with E-state index >= 15 is 0 Å². The first kappa shape index (κ1) is 13.9. The minimum Gasteiger partial charge on any atom is -0.475 e. The molecule has 7 heteroatoms. The van der Waals surface area contributed by atoms with Crippen LogP contribution in [-0.4, -0.2) is 26.8 Å². The molecule has 22 heavy (non-hydrogen) atoms. The maximum absolute atomic E-state index is 11.9. The quantitative estimate of drug-likeness (QED) is 0.746. The van der Waals surface area contributed by atoms with Crippen molar-refractivity contribution in [2.75, 3.05) is 0 Å². The maximum Gasteiger partial charge on any atom is 0.371 e. The molecule has 0 aliphatic carbocycles. The third-order valence-corrected chi connectivity index (χ3v) is 3.18. The number of carbonyl (C=O) groups is 2. The van der Waals surface area contributed by atoms with Gasteiger partial charge in [0, 0.05) is 5.39 Å². The summed E-state index contributed by atoms with van der Waals surface area (Å²) in [5, 5.41) is 16.6. The summed E-state index contributed by atoms with van der Waals surface area (Å²) in [5.41, 5.74) is 0.879. The molecule has 2 aromatic heterocycles. The van der Waals surface area contributed by atoms with Crippen molar-refractivity contribution in [2.45, 2.75) is 13.1 Å². The number of rotatable bonds is 5. The SMILES string of the molecule is O=C(Cn1ncc2ccccc21)NCc1ccc(C(=O)O)o1. The van der Waals surface area contributed by atoms with Crippen LogP contribution in [0.1, 0.15) is 16.3 Å². The molecule has 0 unspecified atom stereocenters. The zero-order valence-electron chi connectivity index (χ0n) is 11.5. The number of furan rings is 1. The molecule has 112 valence electrons. The third-order valence-electron chi connectivity index (χ3n) is 3.18. The van der Waals surface area contributed by atoms with Crippen molar-refractivity contribution < 1.29 is 19.1 Å². The van der Waals surface area contributed by atoms with Gasteiger partial charge in [0.2, 0.25) is 11.7 Å². The monoisotopic (exact) mass is 299 g/mol. The van der Waals surface area contributed by atoms with Crippen LogP contribution in [0.15, 0.2) is 47.0 Å². The molecular weight excluding hydrogens is 286 g/mol. The van der Waals surface area contributed by atoms with Gasteiger partial charge in [-0.3, -0.25) is 9.48 Å². The number of hydrogen-bond acceptors (Lipinski definition) is 4. The molecule has 0 bridgehead atoms. The summed E-state index contributed by atoms with van der Waals surface area (Å²) in [6.07, 6.45) is 1.70. The molecule has 0 spiro atoms. The zero-order chi connectivity index (χ0) is 15.5. The van der Waals surface area contributed by atoms with Crippen molar-refractivity contribution in [3.63, 3.8) is 0 Å². The van der Waals surface area contributed by atoms with Crippen LogP contribution in [0, 0.1) is 0 Å². The average molecular weight is 299 g/mol. The largest absolute Gasteiger partial charge is 0.475 e. The van der Waals surface area contributed by atoms with Crippen molar-refractivity contribution in [2.24, 2.45) is 0 Å². The van der Waals surface area contributed by atoms with E-state index < -0.39 is 5.97 Å². The molecule has 1 aromatic carbocycles. The highest BCUT2D eigenvalue weighted by Crippen LogP contribution is 2.12. The van der Waals surface area contributed by atoms with Crippen LogP contribution in [-0.2, 0) is 17.9 Å². The van der Waals surface area contributed by atoms with Crippen LogP contribution in [0.2, 0.25) is 0 Å². The zero-order valence-corrected chi connectivity index (χ0v) is 11.5. The van der Waals surface area contributed by atoms with E-state index in [9.17, 15) is 9.59 Å². The minimum absolute atomic E-state index is 0.0833. The van der Waals surface area contributed by atoms with Crippen LogP contribution in [0.4, 0.5) is 0 Å². The number of nitrogens with zero attached hydrogens (tertiary/aromatic N) is 2. The fraction of sp³-hybridized carbons (Fsp3) is 0.133. The lowest BCUT2D eigenvalue weighted by Gasteiger charge is -2.05. The fourth-order valence-corrected chi connectivity index (χ4v) is 2.12. The van der Waals surface area contributed by atoms with Gasteiger partial charge in [0.15, 0.2) is 0 Å². The molecule has 3 rings (SSSR count). The summed E-state index contributed by atoms with van der Waals surface area (Å²) < 4.78 is 6.67. The molecule has 0 saturated carbocycles. The number of carboxylic acid groups (broad SMARTS) is 1. The molecule has 0 atom stereocenters. The summed E-state index contributed by atoms with van der Waals surface area (Å²) in [5.74, 6) is -1.14. The summed E-state index contributed by atoms with van der Waals surface area (Å²) in [7, 11) is 0. The molecule has 2 heterocycles. The summed E-state index contributed by atoms with van der Waals surface area (Å²) in [6, 6.07) is 10.5. The van der Waals surface area contributed by atoms with E-state index in [1.54, 1.807) is 10.9 Å². The Kier molecular flexibility index (Phi) is 3.61. The first-order chi connectivity index (χ1) is 10.6. The maximum atomic E-state index is 11.9. The highest BCUT2D eigenvalue weighted by molar-refractivity contribution is 5.84. The van der Waals surface area contributed by atoms with Crippen LogP contribution in [0.5, 0.6) is 0 Å². The van der Waals surface area contributed by atoms with E-state index in [0.717, 1.165) is 10.9 Å². The van der Waals surface area contributed by atoms with Gasteiger partial charge in [0.1, 0.15) is 12.3 Å². The van der Waals surface area contributed by atoms with Gasteiger partial charge in [-0.05, 0) is 18.2 Å². The van der Waals surface area contributed by atoms with Crippen molar-refractivity contribution in [3.8, 4) is 0 Å². The predicted molar refractivity (Wildman–Crippen MR) is 77.2 cm³/mol. The van der Waals surface area contributed by atoms with E-state index in [2.05, 4.69) is 10.4 Å². The number of fused-ring (bicyclic) bond motifs is 1. The van der Waals surface area contributed by atoms with Crippen LogP contribution >= 0.6 is 0 Å². The number of carbonyl (C=O) groups excluding carboxylic acids is 1. The number of aromatic carboxylic acids is 1. The highest BCUT2D eigenvalue weighted by Gasteiger charge is 2.11. The standard InChI is InChI=1S/C15H13N3O4/c19-14(16-8-11-5-6-13(22-11)15(20)21)9-18-12-4-2-1-3-10(12)7-17-18/h1-7H,8-9H2,(H,16,19)(H,20,21). The average Bonchev–Trinajstić information content (AvgIpc) is 3.13. The van der Waals surface area contributed by atoms with Gasteiger partial charge in [0.05, 0.1) is 18.3 Å². The Morgan fingerprint density at radius 2 is 2.05 bits per heavy atom. The van der Waals surface area contributed by atoms with Crippen LogP contribution in [0.25, 0.3) is 10.9 Å². The smallest absolute Gasteiger partial charge is 0.371 e. The Balaban J connectivity index is 1.61. The van der Waals surface area contributed by atoms with Crippen molar-refractivity contribution in [1.82, 2.24) is 15.1 Å². The van der Waals surface area contributed by atoms with Gasteiger partial charge < -0.3 is 14.8 Å². The Bertz CT molecular complexity index is 834. The minimum atomic E-state index is -1.14. The second kappa shape index (κ2) is 5.72.